The number of aromatic nitrogens is 1. The highest BCUT2D eigenvalue weighted by atomic mass is 32.2. The number of nitrogens with one attached hydrogen (secondary N) is 2. The molecule has 0 bridgehead atoms. The fourth-order valence-electron chi connectivity index (χ4n) is 2.60. The average molecular weight is 296 g/mol. The second-order valence-corrected chi connectivity index (χ2v) is 6.26. The Hall–Kier alpha value is -1.71. The highest BCUT2D eigenvalue weighted by Gasteiger charge is 2.07. The number of aromatic amines is 1. The van der Waals surface area contributed by atoms with Crippen molar-refractivity contribution in [1.82, 2.24) is 10.3 Å². The number of benzene rings is 2. The van der Waals surface area contributed by atoms with Gasteiger partial charge in [-0.2, -0.15) is 0 Å². The van der Waals surface area contributed by atoms with E-state index in [4.69, 9.17) is 0 Å². The van der Waals surface area contributed by atoms with Gasteiger partial charge in [-0.3, -0.25) is 0 Å². The van der Waals surface area contributed by atoms with Crippen LogP contribution in [0.1, 0.15) is 24.9 Å². The van der Waals surface area contributed by atoms with Gasteiger partial charge in [0.1, 0.15) is 0 Å². The van der Waals surface area contributed by atoms with Gasteiger partial charge in [0.2, 0.25) is 0 Å². The Morgan fingerprint density at radius 3 is 2.52 bits per heavy atom. The smallest absolute Gasteiger partial charge is 0.0780 e. The zero-order valence-corrected chi connectivity index (χ0v) is 13.2. The Balaban J connectivity index is 1.78. The minimum atomic E-state index is 0.442. The maximum atomic E-state index is 3.45. The molecule has 0 aliphatic carbocycles. The largest absolute Gasteiger partial charge is 0.349 e. The van der Waals surface area contributed by atoms with Crippen LogP contribution < -0.4 is 5.32 Å². The topological polar surface area (TPSA) is 27.8 Å². The Labute approximate surface area is 130 Å². The van der Waals surface area contributed by atoms with Gasteiger partial charge in [0.05, 0.1) is 5.03 Å². The van der Waals surface area contributed by atoms with Crippen LogP contribution in [0.2, 0.25) is 0 Å². The van der Waals surface area contributed by atoms with Gasteiger partial charge in [-0.1, -0.05) is 49.0 Å². The minimum Gasteiger partial charge on any atom is -0.349 e. The molecule has 2 aromatic carbocycles. The third kappa shape index (κ3) is 3.14. The van der Waals surface area contributed by atoms with Crippen molar-refractivity contribution in [3.63, 3.8) is 0 Å². The van der Waals surface area contributed by atoms with E-state index < -0.39 is 0 Å². The molecule has 0 saturated heterocycles. The van der Waals surface area contributed by atoms with Crippen molar-refractivity contribution >= 4 is 22.7 Å². The fourth-order valence-corrected chi connectivity index (χ4v) is 3.48. The second-order valence-electron chi connectivity index (χ2n) is 5.14. The van der Waals surface area contributed by atoms with Crippen LogP contribution in [0, 0.1) is 0 Å². The Morgan fingerprint density at radius 1 is 1.10 bits per heavy atom. The summed E-state index contributed by atoms with van der Waals surface area (Å²) >= 11 is 1.77. The van der Waals surface area contributed by atoms with Crippen molar-refractivity contribution < 1.29 is 0 Å². The molecule has 0 amide bonds. The first-order chi connectivity index (χ1) is 10.3. The van der Waals surface area contributed by atoms with Gasteiger partial charge in [-0.05, 0) is 43.3 Å². The van der Waals surface area contributed by atoms with E-state index in [1.807, 2.05) is 7.05 Å². The van der Waals surface area contributed by atoms with Crippen LogP contribution in [0.15, 0.2) is 64.5 Å². The van der Waals surface area contributed by atoms with E-state index in [2.05, 4.69) is 71.8 Å². The fraction of sp³-hybridized carbons (Fsp3) is 0.222. The van der Waals surface area contributed by atoms with Gasteiger partial charge in [0.25, 0.3) is 0 Å². The second kappa shape index (κ2) is 6.37. The number of hydrogen-bond acceptors (Lipinski definition) is 2. The van der Waals surface area contributed by atoms with Crippen molar-refractivity contribution in [2.24, 2.45) is 0 Å². The molecule has 0 spiro atoms. The van der Waals surface area contributed by atoms with Gasteiger partial charge in [0, 0.05) is 21.8 Å². The SMILES string of the molecule is CCC(NC)c1ccc(Sc2cc3ccccc3[nH]2)cc1. The van der Waals surface area contributed by atoms with Crippen LogP contribution in [0.3, 0.4) is 0 Å². The molecule has 0 saturated carbocycles. The molecule has 0 fully saturated rings. The van der Waals surface area contributed by atoms with Gasteiger partial charge < -0.3 is 10.3 Å². The zero-order valence-electron chi connectivity index (χ0n) is 12.4. The molecule has 0 radical (unpaired) electrons. The summed E-state index contributed by atoms with van der Waals surface area (Å²) in [6.07, 6.45) is 1.10. The molecule has 3 rings (SSSR count). The quantitative estimate of drug-likeness (QED) is 0.694. The van der Waals surface area contributed by atoms with E-state index in [0.717, 1.165) is 6.42 Å². The number of H-pyrrole nitrogens is 1. The molecule has 3 heteroatoms. The van der Waals surface area contributed by atoms with E-state index in [0.29, 0.717) is 6.04 Å². The normalized spacial score (nSPS) is 12.7. The molecular formula is C18H20N2S. The monoisotopic (exact) mass is 296 g/mol. The first kappa shape index (κ1) is 14.2. The molecule has 21 heavy (non-hydrogen) atoms. The van der Waals surface area contributed by atoms with Crippen LogP contribution in [-0.4, -0.2) is 12.0 Å². The molecule has 108 valence electrons. The van der Waals surface area contributed by atoms with Crippen molar-refractivity contribution in [2.45, 2.75) is 29.3 Å². The van der Waals surface area contributed by atoms with E-state index in [9.17, 15) is 0 Å². The summed E-state index contributed by atoms with van der Waals surface area (Å²) < 4.78 is 0. The third-order valence-corrected chi connectivity index (χ3v) is 4.72. The van der Waals surface area contributed by atoms with Crippen molar-refractivity contribution in [1.29, 1.82) is 0 Å². The molecule has 0 aliphatic heterocycles. The van der Waals surface area contributed by atoms with Gasteiger partial charge in [-0.15, -0.1) is 0 Å². The van der Waals surface area contributed by atoms with Crippen LogP contribution in [-0.2, 0) is 0 Å². The van der Waals surface area contributed by atoms with E-state index in [-0.39, 0.29) is 0 Å². The molecule has 3 aromatic rings. The summed E-state index contributed by atoms with van der Waals surface area (Å²) in [5.41, 5.74) is 2.54. The molecule has 1 heterocycles. The van der Waals surface area contributed by atoms with Gasteiger partial charge >= 0.3 is 0 Å². The molecule has 2 N–H and O–H groups in total. The van der Waals surface area contributed by atoms with E-state index in [1.165, 1.54) is 26.4 Å². The molecule has 1 unspecified atom stereocenters. The van der Waals surface area contributed by atoms with Crippen molar-refractivity contribution in [2.75, 3.05) is 7.05 Å². The van der Waals surface area contributed by atoms with Crippen LogP contribution >= 0.6 is 11.8 Å². The van der Waals surface area contributed by atoms with Crippen LogP contribution in [0.5, 0.6) is 0 Å². The van der Waals surface area contributed by atoms with E-state index in [1.54, 1.807) is 11.8 Å². The highest BCUT2D eigenvalue weighted by Crippen LogP contribution is 2.30. The first-order valence-electron chi connectivity index (χ1n) is 7.33. The number of rotatable bonds is 5. The van der Waals surface area contributed by atoms with Crippen molar-refractivity contribution in [3.05, 3.63) is 60.2 Å². The Bertz CT molecular complexity index is 678. The standard InChI is InChI=1S/C18H20N2S/c1-3-16(19-2)13-8-10-15(11-9-13)21-18-12-14-6-4-5-7-17(14)20-18/h4-12,16,19-20H,3H2,1-2H3. The minimum absolute atomic E-state index is 0.442. The lowest BCUT2D eigenvalue weighted by Gasteiger charge is -2.14. The Kier molecular flexibility index (Phi) is 4.32. The van der Waals surface area contributed by atoms with E-state index >= 15 is 0 Å². The lowest BCUT2D eigenvalue weighted by atomic mass is 10.1. The van der Waals surface area contributed by atoms with Gasteiger partial charge in [0.15, 0.2) is 0 Å². The number of fused-ring (bicyclic) bond motifs is 1. The lowest BCUT2D eigenvalue weighted by molar-refractivity contribution is 0.576. The molecule has 1 atom stereocenters. The lowest BCUT2D eigenvalue weighted by Crippen LogP contribution is -2.14. The first-order valence-corrected chi connectivity index (χ1v) is 8.14. The summed E-state index contributed by atoms with van der Waals surface area (Å²) in [4.78, 5) is 4.71. The zero-order chi connectivity index (χ0) is 14.7. The summed E-state index contributed by atoms with van der Waals surface area (Å²) in [7, 11) is 2.02. The van der Waals surface area contributed by atoms with Crippen molar-refractivity contribution in [3.8, 4) is 0 Å². The predicted molar refractivity (Wildman–Crippen MR) is 91.0 cm³/mol. The summed E-state index contributed by atoms with van der Waals surface area (Å²) in [5, 5.41) is 5.79. The van der Waals surface area contributed by atoms with Crippen LogP contribution in [0.25, 0.3) is 10.9 Å². The predicted octanol–water partition coefficient (Wildman–Crippen LogP) is 4.99. The van der Waals surface area contributed by atoms with Crippen LogP contribution in [0.4, 0.5) is 0 Å². The number of hydrogen-bond donors (Lipinski definition) is 2. The third-order valence-electron chi connectivity index (χ3n) is 3.77. The molecule has 0 aliphatic rings. The maximum absolute atomic E-state index is 3.45. The summed E-state index contributed by atoms with van der Waals surface area (Å²) in [5.74, 6) is 0. The molecule has 2 nitrogen and oxygen atoms in total. The molecular weight excluding hydrogens is 276 g/mol. The number of para-hydroxylation sites is 1. The summed E-state index contributed by atoms with van der Waals surface area (Å²) in [6.45, 7) is 2.20. The highest BCUT2D eigenvalue weighted by molar-refractivity contribution is 7.99. The average Bonchev–Trinajstić information content (AvgIpc) is 2.92. The van der Waals surface area contributed by atoms with Gasteiger partial charge in [-0.25, -0.2) is 0 Å². The maximum Gasteiger partial charge on any atom is 0.0780 e. The summed E-state index contributed by atoms with van der Waals surface area (Å²) in [6, 6.07) is 19.9. The molecule has 1 aromatic heterocycles. The Morgan fingerprint density at radius 2 is 1.86 bits per heavy atom.